The minimum Gasteiger partial charge on any atom is -0.466 e. The van der Waals surface area contributed by atoms with Crippen LogP contribution in [0.5, 0.6) is 0 Å². The summed E-state index contributed by atoms with van der Waals surface area (Å²) >= 11 is 1.58. The number of rotatable bonds is 9. The molecule has 0 aliphatic rings. The van der Waals surface area contributed by atoms with Gasteiger partial charge in [0.05, 0.1) is 13.0 Å². The first-order chi connectivity index (χ1) is 10.7. The summed E-state index contributed by atoms with van der Waals surface area (Å²) in [6, 6.07) is -0.695. The Hall–Kier alpha value is -1.44. The maximum atomic E-state index is 12.1. The van der Waals surface area contributed by atoms with Crippen molar-refractivity contribution in [3.8, 4) is 0 Å². The predicted octanol–water partition coefficient (Wildman–Crippen LogP) is 1.70. The van der Waals surface area contributed by atoms with Gasteiger partial charge in [-0.15, -0.1) is 0 Å². The average molecular weight is 348 g/mol. The van der Waals surface area contributed by atoms with Gasteiger partial charge in [-0.05, 0) is 46.1 Å². The summed E-state index contributed by atoms with van der Waals surface area (Å²) in [5.74, 6) is 0.00828. The highest BCUT2D eigenvalue weighted by molar-refractivity contribution is 7.98. The summed E-state index contributed by atoms with van der Waals surface area (Å²) in [6.45, 7) is 7.46. The highest BCUT2D eigenvalue weighted by Gasteiger charge is 2.24. The lowest BCUT2D eigenvalue weighted by Gasteiger charge is -2.23. The number of thioether (sulfide) groups is 1. The molecule has 0 rings (SSSR count). The molecule has 1 atom stereocenters. The summed E-state index contributed by atoms with van der Waals surface area (Å²) in [4.78, 5) is 35.2. The van der Waals surface area contributed by atoms with E-state index in [0.717, 1.165) is 0 Å². The lowest BCUT2D eigenvalue weighted by atomic mass is 10.2. The van der Waals surface area contributed by atoms with Crippen LogP contribution in [-0.4, -0.2) is 54.8 Å². The standard InChI is InChI=1S/C15H28N2O5S/c1-6-21-12(18)7-9-16-13(19)11(8-10-23-5)17-14(20)22-15(2,3)4/h11H,6-10H2,1-5H3,(H,16,19)(H,17,20)/t11-/m0/s1. The highest BCUT2D eigenvalue weighted by atomic mass is 32.2. The molecule has 0 bridgehead atoms. The van der Waals surface area contributed by atoms with E-state index in [1.807, 2.05) is 6.26 Å². The normalized spacial score (nSPS) is 12.2. The minimum atomic E-state index is -0.695. The Kier molecular flexibility index (Phi) is 10.5. The van der Waals surface area contributed by atoms with Gasteiger partial charge in [0.1, 0.15) is 11.6 Å². The quantitative estimate of drug-likeness (QED) is 0.616. The van der Waals surface area contributed by atoms with Crippen LogP contribution in [0.1, 0.15) is 40.5 Å². The van der Waals surface area contributed by atoms with Gasteiger partial charge < -0.3 is 20.1 Å². The van der Waals surface area contributed by atoms with Crippen LogP contribution in [-0.2, 0) is 19.1 Å². The summed E-state index contributed by atoms with van der Waals surface area (Å²) in [6.07, 6.45) is 1.86. The number of alkyl carbamates (subject to hydrolysis) is 1. The molecule has 0 aromatic heterocycles. The van der Waals surface area contributed by atoms with Crippen molar-refractivity contribution < 1.29 is 23.9 Å². The van der Waals surface area contributed by atoms with Crippen LogP contribution in [0.2, 0.25) is 0 Å². The number of ether oxygens (including phenoxy) is 2. The summed E-state index contributed by atoms with van der Waals surface area (Å²) in [5.41, 5.74) is -0.630. The molecule has 0 saturated heterocycles. The zero-order valence-corrected chi connectivity index (χ0v) is 15.4. The third kappa shape index (κ3) is 11.7. The van der Waals surface area contributed by atoms with E-state index in [2.05, 4.69) is 10.6 Å². The van der Waals surface area contributed by atoms with E-state index in [-0.39, 0.29) is 24.8 Å². The first-order valence-corrected chi connectivity index (χ1v) is 9.00. The van der Waals surface area contributed by atoms with Crippen LogP contribution < -0.4 is 10.6 Å². The monoisotopic (exact) mass is 348 g/mol. The van der Waals surface area contributed by atoms with Gasteiger partial charge in [-0.3, -0.25) is 9.59 Å². The van der Waals surface area contributed by atoms with Gasteiger partial charge in [0.25, 0.3) is 0 Å². The number of amides is 2. The van der Waals surface area contributed by atoms with Crippen LogP contribution >= 0.6 is 11.8 Å². The zero-order valence-electron chi connectivity index (χ0n) is 14.6. The van der Waals surface area contributed by atoms with Gasteiger partial charge in [0, 0.05) is 6.54 Å². The Morgan fingerprint density at radius 1 is 1.22 bits per heavy atom. The van der Waals surface area contributed by atoms with E-state index in [9.17, 15) is 14.4 Å². The third-order valence-corrected chi connectivity index (χ3v) is 3.20. The van der Waals surface area contributed by atoms with Crippen molar-refractivity contribution in [3.63, 3.8) is 0 Å². The smallest absolute Gasteiger partial charge is 0.408 e. The van der Waals surface area contributed by atoms with Crippen molar-refractivity contribution in [1.82, 2.24) is 10.6 Å². The predicted molar refractivity (Wildman–Crippen MR) is 90.4 cm³/mol. The second-order valence-corrected chi connectivity index (χ2v) is 6.81. The molecule has 0 aliphatic carbocycles. The van der Waals surface area contributed by atoms with Crippen LogP contribution in [0.3, 0.4) is 0 Å². The van der Waals surface area contributed by atoms with Gasteiger partial charge in [-0.25, -0.2) is 4.79 Å². The Labute approximate surface area is 142 Å². The Morgan fingerprint density at radius 2 is 1.87 bits per heavy atom. The molecule has 0 aromatic carbocycles. The maximum Gasteiger partial charge on any atom is 0.408 e. The number of hydrogen-bond donors (Lipinski definition) is 2. The van der Waals surface area contributed by atoms with Crippen LogP contribution in [0.15, 0.2) is 0 Å². The number of carbonyl (C=O) groups excluding carboxylic acids is 3. The summed E-state index contributed by atoms with van der Waals surface area (Å²) in [5, 5.41) is 5.20. The number of hydrogen-bond acceptors (Lipinski definition) is 6. The van der Waals surface area contributed by atoms with Crippen molar-refractivity contribution in [2.45, 2.75) is 52.2 Å². The van der Waals surface area contributed by atoms with E-state index in [1.54, 1.807) is 39.5 Å². The third-order valence-electron chi connectivity index (χ3n) is 2.55. The molecule has 0 aliphatic heterocycles. The van der Waals surface area contributed by atoms with Gasteiger partial charge >= 0.3 is 12.1 Å². The summed E-state index contributed by atoms with van der Waals surface area (Å²) < 4.78 is 9.95. The molecule has 0 fully saturated rings. The molecule has 0 radical (unpaired) electrons. The van der Waals surface area contributed by atoms with E-state index < -0.39 is 17.7 Å². The highest BCUT2D eigenvalue weighted by Crippen LogP contribution is 2.08. The molecule has 8 heteroatoms. The lowest BCUT2D eigenvalue weighted by Crippen LogP contribution is -2.48. The molecule has 0 saturated carbocycles. The van der Waals surface area contributed by atoms with Gasteiger partial charge in [-0.1, -0.05) is 0 Å². The summed E-state index contributed by atoms with van der Waals surface area (Å²) in [7, 11) is 0. The minimum absolute atomic E-state index is 0.0985. The second-order valence-electron chi connectivity index (χ2n) is 5.83. The van der Waals surface area contributed by atoms with Crippen molar-refractivity contribution >= 4 is 29.7 Å². The average Bonchev–Trinajstić information content (AvgIpc) is 2.41. The molecule has 7 nitrogen and oxygen atoms in total. The molecular weight excluding hydrogens is 320 g/mol. The Morgan fingerprint density at radius 3 is 2.39 bits per heavy atom. The maximum absolute atomic E-state index is 12.1. The molecule has 2 amide bonds. The lowest BCUT2D eigenvalue weighted by molar-refractivity contribution is -0.143. The van der Waals surface area contributed by atoms with E-state index in [0.29, 0.717) is 18.8 Å². The van der Waals surface area contributed by atoms with Crippen molar-refractivity contribution in [2.75, 3.05) is 25.2 Å². The molecule has 0 spiro atoms. The second kappa shape index (κ2) is 11.2. The molecular formula is C15H28N2O5S. The molecule has 0 heterocycles. The van der Waals surface area contributed by atoms with Crippen LogP contribution in [0.25, 0.3) is 0 Å². The van der Waals surface area contributed by atoms with E-state index in [4.69, 9.17) is 9.47 Å². The fourth-order valence-electron chi connectivity index (χ4n) is 1.60. The number of carbonyl (C=O) groups is 3. The van der Waals surface area contributed by atoms with Gasteiger partial charge in [0.15, 0.2) is 0 Å². The van der Waals surface area contributed by atoms with Crippen molar-refractivity contribution in [3.05, 3.63) is 0 Å². The zero-order chi connectivity index (χ0) is 17.9. The number of esters is 1. The van der Waals surface area contributed by atoms with Crippen LogP contribution in [0.4, 0.5) is 4.79 Å². The first-order valence-electron chi connectivity index (χ1n) is 7.61. The molecule has 0 unspecified atom stereocenters. The van der Waals surface area contributed by atoms with E-state index >= 15 is 0 Å². The molecule has 134 valence electrons. The van der Waals surface area contributed by atoms with Crippen LogP contribution in [0, 0.1) is 0 Å². The molecule has 23 heavy (non-hydrogen) atoms. The van der Waals surface area contributed by atoms with E-state index in [1.165, 1.54) is 0 Å². The van der Waals surface area contributed by atoms with Gasteiger partial charge in [0.2, 0.25) is 5.91 Å². The number of nitrogens with one attached hydrogen (secondary N) is 2. The Bertz CT molecular complexity index is 396. The fraction of sp³-hybridized carbons (Fsp3) is 0.800. The molecule has 2 N–H and O–H groups in total. The molecule has 0 aromatic rings. The Balaban J connectivity index is 4.42. The largest absolute Gasteiger partial charge is 0.466 e. The van der Waals surface area contributed by atoms with Crippen molar-refractivity contribution in [1.29, 1.82) is 0 Å². The SMILES string of the molecule is CCOC(=O)CCNC(=O)[C@H](CCSC)NC(=O)OC(C)(C)C. The topological polar surface area (TPSA) is 93.7 Å². The van der Waals surface area contributed by atoms with Crippen molar-refractivity contribution in [2.24, 2.45) is 0 Å². The fourth-order valence-corrected chi connectivity index (χ4v) is 2.07. The van der Waals surface area contributed by atoms with Gasteiger partial charge in [-0.2, -0.15) is 11.8 Å². The first kappa shape index (κ1) is 21.6.